The molecule has 1 saturated heterocycles. The number of anilines is 2. The lowest BCUT2D eigenvalue weighted by atomic mass is 10.0. The van der Waals surface area contributed by atoms with Crippen molar-refractivity contribution < 1.29 is 18.7 Å². The molecule has 0 radical (unpaired) electrons. The van der Waals surface area contributed by atoms with Gasteiger partial charge in [-0.05, 0) is 24.6 Å². The van der Waals surface area contributed by atoms with Crippen LogP contribution in [0.4, 0.5) is 16.2 Å². The lowest BCUT2D eigenvalue weighted by Gasteiger charge is -2.39. The molecule has 2 aliphatic heterocycles. The summed E-state index contributed by atoms with van der Waals surface area (Å²) in [5.74, 6) is 0.664. The van der Waals surface area contributed by atoms with Crippen LogP contribution in [-0.2, 0) is 9.53 Å². The van der Waals surface area contributed by atoms with Crippen LogP contribution in [0.2, 0.25) is 0 Å². The van der Waals surface area contributed by atoms with Crippen molar-refractivity contribution in [2.24, 2.45) is 0 Å². The van der Waals surface area contributed by atoms with Crippen LogP contribution in [-0.4, -0.2) is 41.7 Å². The number of fused-ring (bicyclic) bond motifs is 1. The van der Waals surface area contributed by atoms with Gasteiger partial charge in [0.2, 0.25) is 5.95 Å². The number of hydrogen-bond donors (Lipinski definition) is 1. The van der Waals surface area contributed by atoms with Gasteiger partial charge in [-0.15, -0.1) is 0 Å². The normalized spacial score (nSPS) is 22.8. The molecule has 2 aromatic rings. The number of rotatable bonds is 2. The van der Waals surface area contributed by atoms with Gasteiger partial charge >= 0.3 is 0 Å². The molecule has 2 atom stereocenters. The first-order valence-electron chi connectivity index (χ1n) is 8.03. The van der Waals surface area contributed by atoms with Gasteiger partial charge in [-0.3, -0.25) is 4.79 Å². The predicted molar refractivity (Wildman–Crippen MR) is 88.1 cm³/mol. The Balaban J connectivity index is 1.70. The van der Waals surface area contributed by atoms with Crippen molar-refractivity contribution in [2.45, 2.75) is 19.1 Å². The van der Waals surface area contributed by atoms with E-state index in [9.17, 15) is 9.18 Å². The molecule has 8 heteroatoms. The lowest BCUT2D eigenvalue weighted by Crippen LogP contribution is -2.44. The number of amides is 1. The highest BCUT2D eigenvalue weighted by atomic mass is 19.1. The number of hydrogen-bond acceptors (Lipinski definition) is 6. The van der Waals surface area contributed by atoms with E-state index in [0.717, 1.165) is 5.56 Å². The van der Waals surface area contributed by atoms with E-state index in [-0.39, 0.29) is 30.5 Å². The maximum atomic E-state index is 13.6. The first kappa shape index (κ1) is 15.8. The van der Waals surface area contributed by atoms with Gasteiger partial charge in [0, 0.05) is 6.54 Å². The van der Waals surface area contributed by atoms with Gasteiger partial charge in [0.25, 0.3) is 5.91 Å². The molecule has 1 fully saturated rings. The van der Waals surface area contributed by atoms with E-state index in [1.54, 1.807) is 12.3 Å². The van der Waals surface area contributed by atoms with Crippen LogP contribution in [0.25, 0.3) is 0 Å². The Hall–Kier alpha value is -2.74. The standard InChI is InChI=1S/C17H17FN4O3/c1-10-7-22(13(8-24-10)11-3-2-4-12(18)5-11)17-19-6-14-16(21-17)20-15(23)9-25-14/h2-6,10,13H,7-9H2,1H3,(H,19,20,21,23). The van der Waals surface area contributed by atoms with Crippen molar-refractivity contribution in [1.82, 2.24) is 9.97 Å². The largest absolute Gasteiger partial charge is 0.478 e. The summed E-state index contributed by atoms with van der Waals surface area (Å²) in [7, 11) is 0. The summed E-state index contributed by atoms with van der Waals surface area (Å²) in [5, 5.41) is 2.68. The number of ether oxygens (including phenoxy) is 2. The molecule has 1 aromatic carbocycles. The molecule has 2 unspecified atom stereocenters. The van der Waals surface area contributed by atoms with Crippen molar-refractivity contribution in [1.29, 1.82) is 0 Å². The van der Waals surface area contributed by atoms with Crippen molar-refractivity contribution in [2.75, 3.05) is 30.0 Å². The van der Waals surface area contributed by atoms with Crippen LogP contribution in [0.1, 0.15) is 18.5 Å². The third-order valence-corrected chi connectivity index (χ3v) is 4.22. The summed E-state index contributed by atoms with van der Waals surface area (Å²) in [6.07, 6.45) is 1.52. The Morgan fingerprint density at radius 1 is 1.40 bits per heavy atom. The van der Waals surface area contributed by atoms with Gasteiger partial charge in [0.15, 0.2) is 18.2 Å². The van der Waals surface area contributed by atoms with E-state index in [0.29, 0.717) is 30.7 Å². The fourth-order valence-corrected chi connectivity index (χ4v) is 3.02. The van der Waals surface area contributed by atoms with Gasteiger partial charge in [0.1, 0.15) is 5.82 Å². The minimum absolute atomic E-state index is 0.0183. The molecule has 7 nitrogen and oxygen atoms in total. The fraction of sp³-hybridized carbons (Fsp3) is 0.353. The van der Waals surface area contributed by atoms with Gasteiger partial charge in [-0.2, -0.15) is 4.98 Å². The minimum Gasteiger partial charge on any atom is -0.478 e. The van der Waals surface area contributed by atoms with Crippen LogP contribution in [0.15, 0.2) is 30.5 Å². The summed E-state index contributed by atoms with van der Waals surface area (Å²) in [4.78, 5) is 22.3. The number of morpholine rings is 1. The Morgan fingerprint density at radius 3 is 3.12 bits per heavy atom. The number of aromatic nitrogens is 2. The maximum absolute atomic E-state index is 13.6. The number of nitrogens with zero attached hydrogens (tertiary/aromatic N) is 3. The number of carbonyl (C=O) groups is 1. The SMILES string of the molecule is CC1CN(c2ncc3c(n2)NC(=O)CO3)C(c2cccc(F)c2)CO1. The second-order valence-electron chi connectivity index (χ2n) is 6.09. The smallest absolute Gasteiger partial charge is 0.263 e. The highest BCUT2D eigenvalue weighted by Gasteiger charge is 2.31. The summed E-state index contributed by atoms with van der Waals surface area (Å²) >= 11 is 0. The van der Waals surface area contributed by atoms with Crippen LogP contribution in [0.5, 0.6) is 5.75 Å². The molecule has 3 heterocycles. The van der Waals surface area contributed by atoms with Crippen molar-refractivity contribution in [3.05, 3.63) is 41.8 Å². The average Bonchev–Trinajstić information content (AvgIpc) is 2.61. The lowest BCUT2D eigenvalue weighted by molar-refractivity contribution is -0.118. The van der Waals surface area contributed by atoms with E-state index in [4.69, 9.17) is 9.47 Å². The Bertz CT molecular complexity index is 816. The Labute approximate surface area is 143 Å². The van der Waals surface area contributed by atoms with E-state index in [2.05, 4.69) is 15.3 Å². The molecular formula is C17H17FN4O3. The zero-order valence-electron chi connectivity index (χ0n) is 13.6. The van der Waals surface area contributed by atoms with E-state index < -0.39 is 0 Å². The molecule has 130 valence electrons. The fourth-order valence-electron chi connectivity index (χ4n) is 3.02. The third-order valence-electron chi connectivity index (χ3n) is 4.22. The number of nitrogens with one attached hydrogen (secondary N) is 1. The summed E-state index contributed by atoms with van der Waals surface area (Å²) < 4.78 is 24.7. The molecular weight excluding hydrogens is 327 g/mol. The Morgan fingerprint density at radius 2 is 2.28 bits per heavy atom. The summed E-state index contributed by atoms with van der Waals surface area (Å²) in [6.45, 7) is 2.86. The Kier molecular flexibility index (Phi) is 3.96. The molecule has 4 rings (SSSR count). The average molecular weight is 344 g/mol. The molecule has 1 amide bonds. The molecule has 0 aliphatic carbocycles. The maximum Gasteiger partial charge on any atom is 0.263 e. The van der Waals surface area contributed by atoms with Gasteiger partial charge in [-0.25, -0.2) is 9.37 Å². The first-order chi connectivity index (χ1) is 12.1. The number of halogens is 1. The van der Waals surface area contributed by atoms with E-state index in [1.165, 1.54) is 12.1 Å². The monoisotopic (exact) mass is 344 g/mol. The highest BCUT2D eigenvalue weighted by Crippen LogP contribution is 2.33. The topological polar surface area (TPSA) is 76.6 Å². The highest BCUT2D eigenvalue weighted by molar-refractivity contribution is 5.94. The van der Waals surface area contributed by atoms with E-state index >= 15 is 0 Å². The van der Waals surface area contributed by atoms with Gasteiger partial charge in [-0.1, -0.05) is 12.1 Å². The van der Waals surface area contributed by atoms with Crippen LogP contribution >= 0.6 is 0 Å². The molecule has 2 aliphatic rings. The molecule has 1 N–H and O–H groups in total. The number of benzene rings is 1. The number of carbonyl (C=O) groups excluding carboxylic acids is 1. The molecule has 0 saturated carbocycles. The minimum atomic E-state index is -0.303. The summed E-state index contributed by atoms with van der Waals surface area (Å²) in [6, 6.07) is 6.19. The van der Waals surface area contributed by atoms with Gasteiger partial charge in [0.05, 0.1) is 24.9 Å². The zero-order valence-corrected chi connectivity index (χ0v) is 13.6. The quantitative estimate of drug-likeness (QED) is 0.897. The third kappa shape index (κ3) is 3.12. The second kappa shape index (κ2) is 6.29. The van der Waals surface area contributed by atoms with Crippen LogP contribution in [0, 0.1) is 5.82 Å². The second-order valence-corrected chi connectivity index (χ2v) is 6.09. The van der Waals surface area contributed by atoms with Crippen molar-refractivity contribution in [3.63, 3.8) is 0 Å². The van der Waals surface area contributed by atoms with Crippen LogP contribution < -0.4 is 15.0 Å². The van der Waals surface area contributed by atoms with Gasteiger partial charge < -0.3 is 19.7 Å². The van der Waals surface area contributed by atoms with Crippen molar-refractivity contribution in [3.8, 4) is 5.75 Å². The first-order valence-corrected chi connectivity index (χ1v) is 8.03. The molecule has 0 bridgehead atoms. The van der Waals surface area contributed by atoms with E-state index in [1.807, 2.05) is 17.9 Å². The molecule has 0 spiro atoms. The van der Waals surface area contributed by atoms with Crippen LogP contribution in [0.3, 0.4) is 0 Å². The molecule has 1 aromatic heterocycles. The summed E-state index contributed by atoms with van der Waals surface area (Å²) in [5.41, 5.74) is 0.786. The predicted octanol–water partition coefficient (Wildman–Crippen LogP) is 1.91. The zero-order chi connectivity index (χ0) is 17.4. The molecule has 25 heavy (non-hydrogen) atoms. The van der Waals surface area contributed by atoms with Crippen molar-refractivity contribution >= 4 is 17.7 Å².